The molecule has 0 aromatic heterocycles. The molecule has 2 bridgehead atoms. The maximum atomic E-state index is 12.7. The number of nitrogens with zero attached hydrogens (tertiary/aromatic N) is 1. The van der Waals surface area contributed by atoms with E-state index in [4.69, 9.17) is 0 Å². The number of anilines is 1. The Hall–Kier alpha value is -1.56. The van der Waals surface area contributed by atoms with Crippen LogP contribution in [-0.4, -0.2) is 32.7 Å². The van der Waals surface area contributed by atoms with E-state index in [0.29, 0.717) is 11.6 Å². The monoisotopic (exact) mass is 350 g/mol. The van der Waals surface area contributed by atoms with E-state index in [-0.39, 0.29) is 11.9 Å². The van der Waals surface area contributed by atoms with E-state index in [9.17, 15) is 13.2 Å². The number of carbonyl (C=O) groups excluding carboxylic acids is 1. The van der Waals surface area contributed by atoms with E-state index in [1.165, 1.54) is 23.6 Å². The number of fused-ring (bicyclic) bond motifs is 2. The Kier molecular flexibility index (Phi) is 4.60. The quantitative estimate of drug-likeness (QED) is 0.887. The summed E-state index contributed by atoms with van der Waals surface area (Å²) in [4.78, 5) is 12.7. The molecular weight excluding hydrogens is 324 g/mol. The van der Waals surface area contributed by atoms with Crippen molar-refractivity contribution in [3.8, 4) is 0 Å². The fourth-order valence-electron chi connectivity index (χ4n) is 4.23. The SMILES string of the molecule is Cc1ccc(N([C@@H](C)C(=O)N[C@@H]2C[C@H]3CC[C@H]2C3)S(C)(=O)=O)cc1. The standard InChI is InChI=1S/C18H26N2O3S/c1-12-4-8-16(9-5-12)20(24(3,22)23)13(2)18(21)19-17-11-14-6-7-15(17)10-14/h4-5,8-9,13-15,17H,6-7,10-11H2,1-3H3,(H,19,21)/t13-,14-,15-,17+/m0/s1. The van der Waals surface area contributed by atoms with Crippen molar-refractivity contribution in [3.63, 3.8) is 0 Å². The molecule has 0 aliphatic heterocycles. The van der Waals surface area contributed by atoms with Gasteiger partial charge in [-0.2, -0.15) is 0 Å². The lowest BCUT2D eigenvalue weighted by atomic mass is 9.95. The molecule has 0 saturated heterocycles. The Morgan fingerprint density at radius 1 is 1.21 bits per heavy atom. The van der Waals surface area contributed by atoms with Crippen LogP contribution >= 0.6 is 0 Å². The summed E-state index contributed by atoms with van der Waals surface area (Å²) in [5.41, 5.74) is 1.57. The predicted molar refractivity (Wildman–Crippen MR) is 95.3 cm³/mol. The van der Waals surface area contributed by atoms with Crippen molar-refractivity contribution in [1.29, 1.82) is 0 Å². The summed E-state index contributed by atoms with van der Waals surface area (Å²) in [6.07, 6.45) is 5.83. The van der Waals surface area contributed by atoms with Crippen LogP contribution in [0.2, 0.25) is 0 Å². The van der Waals surface area contributed by atoms with Gasteiger partial charge in [-0.05, 0) is 57.1 Å². The lowest BCUT2D eigenvalue weighted by molar-refractivity contribution is -0.122. The average Bonchev–Trinajstić information content (AvgIpc) is 3.10. The Bertz CT molecular complexity index is 714. The summed E-state index contributed by atoms with van der Waals surface area (Å²) < 4.78 is 25.8. The molecule has 4 atom stereocenters. The van der Waals surface area contributed by atoms with Crippen molar-refractivity contribution in [2.24, 2.45) is 11.8 Å². The molecular formula is C18H26N2O3S. The molecule has 132 valence electrons. The topological polar surface area (TPSA) is 66.5 Å². The first-order chi connectivity index (χ1) is 11.3. The van der Waals surface area contributed by atoms with E-state index in [2.05, 4.69) is 5.32 Å². The first-order valence-electron chi connectivity index (χ1n) is 8.62. The normalized spacial score (nSPS) is 27.0. The molecule has 1 aromatic rings. The maximum absolute atomic E-state index is 12.7. The molecule has 0 radical (unpaired) electrons. The zero-order chi connectivity index (χ0) is 17.5. The van der Waals surface area contributed by atoms with E-state index in [1.54, 1.807) is 19.1 Å². The third kappa shape index (κ3) is 3.43. The predicted octanol–water partition coefficient (Wildman–Crippen LogP) is 2.45. The number of hydrogen-bond donors (Lipinski definition) is 1. The Labute approximate surface area is 144 Å². The molecule has 2 aliphatic carbocycles. The van der Waals surface area contributed by atoms with Gasteiger partial charge in [0, 0.05) is 6.04 Å². The minimum absolute atomic E-state index is 0.207. The fraction of sp³-hybridized carbons (Fsp3) is 0.611. The number of rotatable bonds is 5. The number of hydrogen-bond acceptors (Lipinski definition) is 3. The summed E-state index contributed by atoms with van der Waals surface area (Å²) in [5.74, 6) is 1.09. The summed E-state index contributed by atoms with van der Waals surface area (Å²) >= 11 is 0. The number of benzene rings is 1. The van der Waals surface area contributed by atoms with Crippen molar-refractivity contribution in [2.45, 2.75) is 51.6 Å². The van der Waals surface area contributed by atoms with Gasteiger partial charge in [-0.3, -0.25) is 9.10 Å². The lowest BCUT2D eigenvalue weighted by Crippen LogP contribution is -2.51. The molecule has 2 fully saturated rings. The van der Waals surface area contributed by atoms with E-state index in [0.717, 1.165) is 24.2 Å². The van der Waals surface area contributed by atoms with Gasteiger partial charge in [0.2, 0.25) is 15.9 Å². The van der Waals surface area contributed by atoms with Gasteiger partial charge in [0.15, 0.2) is 0 Å². The third-order valence-corrected chi connectivity index (χ3v) is 6.68. The van der Waals surface area contributed by atoms with Crippen molar-refractivity contribution >= 4 is 21.6 Å². The van der Waals surface area contributed by atoms with Crippen molar-refractivity contribution < 1.29 is 13.2 Å². The van der Waals surface area contributed by atoms with Crippen molar-refractivity contribution in [2.75, 3.05) is 10.6 Å². The van der Waals surface area contributed by atoms with Crippen LogP contribution in [-0.2, 0) is 14.8 Å². The minimum atomic E-state index is -3.55. The Balaban J connectivity index is 1.77. The number of amides is 1. The molecule has 3 rings (SSSR count). The highest BCUT2D eigenvalue weighted by Crippen LogP contribution is 2.44. The molecule has 1 aromatic carbocycles. The molecule has 2 aliphatic rings. The van der Waals surface area contributed by atoms with E-state index in [1.807, 2.05) is 19.1 Å². The number of carbonyl (C=O) groups is 1. The van der Waals surface area contributed by atoms with Gasteiger partial charge < -0.3 is 5.32 Å². The first kappa shape index (κ1) is 17.3. The number of aryl methyl sites for hydroxylation is 1. The van der Waals surface area contributed by atoms with E-state index < -0.39 is 16.1 Å². The zero-order valence-electron chi connectivity index (χ0n) is 14.5. The molecule has 24 heavy (non-hydrogen) atoms. The summed E-state index contributed by atoms with van der Waals surface area (Å²) in [6, 6.07) is 6.65. The zero-order valence-corrected chi connectivity index (χ0v) is 15.3. The highest BCUT2D eigenvalue weighted by atomic mass is 32.2. The number of sulfonamides is 1. The number of nitrogens with one attached hydrogen (secondary N) is 1. The van der Waals surface area contributed by atoms with Crippen LogP contribution < -0.4 is 9.62 Å². The van der Waals surface area contributed by atoms with Crippen molar-refractivity contribution in [1.82, 2.24) is 5.32 Å². The molecule has 0 spiro atoms. The second kappa shape index (κ2) is 6.39. The van der Waals surface area contributed by atoms with Gasteiger partial charge in [-0.15, -0.1) is 0 Å². The third-order valence-electron chi connectivity index (χ3n) is 5.44. The second-order valence-electron chi connectivity index (χ2n) is 7.36. The fourth-order valence-corrected chi connectivity index (χ4v) is 5.40. The van der Waals surface area contributed by atoms with Crippen LogP contribution in [0.1, 0.15) is 38.2 Å². The van der Waals surface area contributed by atoms with Gasteiger partial charge in [-0.1, -0.05) is 24.1 Å². The van der Waals surface area contributed by atoms with Crippen LogP contribution in [0.15, 0.2) is 24.3 Å². The van der Waals surface area contributed by atoms with Crippen LogP contribution in [0.25, 0.3) is 0 Å². The van der Waals surface area contributed by atoms with Crippen molar-refractivity contribution in [3.05, 3.63) is 29.8 Å². The van der Waals surface area contributed by atoms with Crippen LogP contribution in [0, 0.1) is 18.8 Å². The molecule has 0 unspecified atom stereocenters. The molecule has 0 heterocycles. The largest absolute Gasteiger partial charge is 0.351 e. The molecule has 6 heteroatoms. The Morgan fingerprint density at radius 2 is 1.88 bits per heavy atom. The highest BCUT2D eigenvalue weighted by Gasteiger charge is 2.41. The second-order valence-corrected chi connectivity index (χ2v) is 9.22. The maximum Gasteiger partial charge on any atom is 0.243 e. The van der Waals surface area contributed by atoms with Gasteiger partial charge in [0.1, 0.15) is 6.04 Å². The molecule has 1 amide bonds. The van der Waals surface area contributed by atoms with E-state index >= 15 is 0 Å². The molecule has 5 nitrogen and oxygen atoms in total. The van der Waals surface area contributed by atoms with Gasteiger partial charge in [-0.25, -0.2) is 8.42 Å². The highest BCUT2D eigenvalue weighted by molar-refractivity contribution is 7.92. The Morgan fingerprint density at radius 3 is 2.38 bits per heavy atom. The minimum Gasteiger partial charge on any atom is -0.351 e. The first-order valence-corrected chi connectivity index (χ1v) is 10.5. The smallest absolute Gasteiger partial charge is 0.243 e. The van der Waals surface area contributed by atoms with Gasteiger partial charge >= 0.3 is 0 Å². The molecule has 1 N–H and O–H groups in total. The molecule has 2 saturated carbocycles. The van der Waals surface area contributed by atoms with Gasteiger partial charge in [0.05, 0.1) is 11.9 Å². The average molecular weight is 350 g/mol. The lowest BCUT2D eigenvalue weighted by Gasteiger charge is -2.31. The summed E-state index contributed by atoms with van der Waals surface area (Å²) in [5, 5.41) is 3.10. The van der Waals surface area contributed by atoms with Crippen LogP contribution in [0.3, 0.4) is 0 Å². The summed E-state index contributed by atoms with van der Waals surface area (Å²) in [7, 11) is -3.55. The van der Waals surface area contributed by atoms with Gasteiger partial charge in [0.25, 0.3) is 0 Å². The summed E-state index contributed by atoms with van der Waals surface area (Å²) in [6.45, 7) is 3.60. The van der Waals surface area contributed by atoms with Crippen LogP contribution in [0.5, 0.6) is 0 Å². The van der Waals surface area contributed by atoms with Crippen LogP contribution in [0.4, 0.5) is 5.69 Å².